The second kappa shape index (κ2) is 10.8. The van der Waals surface area contributed by atoms with E-state index in [1.54, 1.807) is 0 Å². The molecule has 0 aliphatic rings. The molecule has 0 aliphatic heterocycles. The van der Waals surface area contributed by atoms with Gasteiger partial charge in [-0.2, -0.15) is 18.3 Å². The summed E-state index contributed by atoms with van der Waals surface area (Å²) in [6.07, 6.45) is -3.73. The monoisotopic (exact) mass is 439 g/mol. The standard InChI is InChI=1S/C21H21ClF3N3O2/c1-2-16(12-14-6-4-3-5-7-14)27-28-20(30)11-10-19(29)26-18-13-15(21(23,24)25)8-9-17(18)22/h3-9,13H,2,10-12H2,1H3,(H,26,29)(H,28,30)/b27-16+. The molecule has 9 heteroatoms. The number of hydrogen-bond donors (Lipinski definition) is 2. The summed E-state index contributed by atoms with van der Waals surface area (Å²) in [7, 11) is 0. The summed E-state index contributed by atoms with van der Waals surface area (Å²) in [4.78, 5) is 24.0. The Morgan fingerprint density at radius 3 is 2.33 bits per heavy atom. The predicted molar refractivity (Wildman–Crippen MR) is 110 cm³/mol. The zero-order valence-electron chi connectivity index (χ0n) is 16.2. The molecule has 5 nitrogen and oxygen atoms in total. The molecular weight excluding hydrogens is 419 g/mol. The molecule has 0 saturated heterocycles. The van der Waals surface area contributed by atoms with Crippen molar-refractivity contribution in [2.45, 2.75) is 38.8 Å². The van der Waals surface area contributed by atoms with Crippen molar-refractivity contribution in [3.63, 3.8) is 0 Å². The Hall–Kier alpha value is -2.87. The summed E-state index contributed by atoms with van der Waals surface area (Å²) in [5.41, 5.74) is 3.15. The molecule has 2 rings (SSSR count). The van der Waals surface area contributed by atoms with E-state index < -0.39 is 23.6 Å². The Morgan fingerprint density at radius 2 is 1.70 bits per heavy atom. The topological polar surface area (TPSA) is 70.6 Å². The number of alkyl halides is 3. The first-order valence-corrected chi connectivity index (χ1v) is 9.61. The summed E-state index contributed by atoms with van der Waals surface area (Å²) >= 11 is 5.84. The fourth-order valence-corrected chi connectivity index (χ4v) is 2.67. The van der Waals surface area contributed by atoms with Crippen LogP contribution in [0.1, 0.15) is 37.3 Å². The molecule has 0 spiro atoms. The number of benzene rings is 2. The molecule has 2 amide bonds. The maximum absolute atomic E-state index is 12.8. The first kappa shape index (κ1) is 23.4. The van der Waals surface area contributed by atoms with Gasteiger partial charge in [-0.25, -0.2) is 5.43 Å². The molecule has 2 aromatic rings. The lowest BCUT2D eigenvalue weighted by Crippen LogP contribution is -2.22. The van der Waals surface area contributed by atoms with Gasteiger partial charge < -0.3 is 5.32 Å². The van der Waals surface area contributed by atoms with Crippen LogP contribution in [0, 0.1) is 0 Å². The molecule has 0 saturated carbocycles. The lowest BCUT2D eigenvalue weighted by atomic mass is 10.1. The summed E-state index contributed by atoms with van der Waals surface area (Å²) in [5.74, 6) is -1.10. The van der Waals surface area contributed by atoms with Crippen molar-refractivity contribution in [2.75, 3.05) is 5.32 Å². The van der Waals surface area contributed by atoms with Crippen LogP contribution in [0.25, 0.3) is 0 Å². The van der Waals surface area contributed by atoms with E-state index in [0.29, 0.717) is 12.8 Å². The lowest BCUT2D eigenvalue weighted by Gasteiger charge is -2.11. The molecule has 0 aromatic heterocycles. The highest BCUT2D eigenvalue weighted by atomic mass is 35.5. The summed E-state index contributed by atoms with van der Waals surface area (Å²) in [6, 6.07) is 12.3. The van der Waals surface area contributed by atoms with Gasteiger partial charge in [0.2, 0.25) is 11.8 Å². The second-order valence-corrected chi connectivity index (χ2v) is 6.88. The van der Waals surface area contributed by atoms with E-state index in [2.05, 4.69) is 15.8 Å². The first-order chi connectivity index (χ1) is 14.2. The van der Waals surface area contributed by atoms with Gasteiger partial charge in [-0.3, -0.25) is 9.59 Å². The van der Waals surface area contributed by atoms with Crippen molar-refractivity contribution >= 4 is 34.8 Å². The Morgan fingerprint density at radius 1 is 1.03 bits per heavy atom. The Bertz CT molecular complexity index is 915. The van der Waals surface area contributed by atoms with E-state index in [1.807, 2.05) is 37.3 Å². The average molecular weight is 440 g/mol. The average Bonchev–Trinajstić information content (AvgIpc) is 2.71. The van der Waals surface area contributed by atoms with Crippen LogP contribution in [0.3, 0.4) is 0 Å². The van der Waals surface area contributed by atoms with Crippen molar-refractivity contribution in [2.24, 2.45) is 5.10 Å². The number of nitrogens with one attached hydrogen (secondary N) is 2. The zero-order valence-corrected chi connectivity index (χ0v) is 17.0. The normalized spacial score (nSPS) is 11.8. The minimum atomic E-state index is -4.56. The van der Waals surface area contributed by atoms with Crippen LogP contribution >= 0.6 is 11.6 Å². The quantitative estimate of drug-likeness (QED) is 0.438. The van der Waals surface area contributed by atoms with Crippen LogP contribution in [-0.2, 0) is 22.2 Å². The van der Waals surface area contributed by atoms with Gasteiger partial charge in [-0.1, -0.05) is 48.9 Å². The summed E-state index contributed by atoms with van der Waals surface area (Å²) in [6.45, 7) is 1.92. The van der Waals surface area contributed by atoms with E-state index in [-0.39, 0.29) is 23.6 Å². The van der Waals surface area contributed by atoms with E-state index in [1.165, 1.54) is 0 Å². The van der Waals surface area contributed by atoms with Crippen LogP contribution in [0.15, 0.2) is 53.6 Å². The minimum Gasteiger partial charge on any atom is -0.325 e. The molecule has 30 heavy (non-hydrogen) atoms. The van der Waals surface area contributed by atoms with Crippen molar-refractivity contribution in [1.29, 1.82) is 0 Å². The molecule has 160 valence electrons. The number of carbonyl (C=O) groups is 2. The highest BCUT2D eigenvalue weighted by Crippen LogP contribution is 2.33. The molecule has 0 bridgehead atoms. The largest absolute Gasteiger partial charge is 0.416 e. The van der Waals surface area contributed by atoms with E-state index in [4.69, 9.17) is 11.6 Å². The fraction of sp³-hybridized carbons (Fsp3) is 0.286. The molecule has 0 radical (unpaired) electrons. The molecule has 2 aromatic carbocycles. The molecular formula is C21H21ClF3N3O2. The van der Waals surface area contributed by atoms with Crippen molar-refractivity contribution in [3.05, 3.63) is 64.7 Å². The van der Waals surface area contributed by atoms with E-state index >= 15 is 0 Å². The van der Waals surface area contributed by atoms with Gasteiger partial charge in [-0.05, 0) is 30.2 Å². The molecule has 0 aliphatic carbocycles. The Kier molecular flexibility index (Phi) is 8.41. The number of rotatable bonds is 8. The van der Waals surface area contributed by atoms with Crippen LogP contribution in [-0.4, -0.2) is 17.5 Å². The van der Waals surface area contributed by atoms with Gasteiger partial charge in [0.1, 0.15) is 0 Å². The van der Waals surface area contributed by atoms with Gasteiger partial charge in [0, 0.05) is 25.0 Å². The van der Waals surface area contributed by atoms with Crippen LogP contribution in [0.2, 0.25) is 5.02 Å². The van der Waals surface area contributed by atoms with Crippen molar-refractivity contribution in [3.8, 4) is 0 Å². The number of halogens is 4. The second-order valence-electron chi connectivity index (χ2n) is 6.47. The number of anilines is 1. The third kappa shape index (κ3) is 7.51. The lowest BCUT2D eigenvalue weighted by molar-refractivity contribution is -0.137. The van der Waals surface area contributed by atoms with Crippen LogP contribution in [0.4, 0.5) is 18.9 Å². The Labute approximate surface area is 177 Å². The summed E-state index contributed by atoms with van der Waals surface area (Å²) < 4.78 is 38.4. The number of hydrazone groups is 1. The molecule has 0 heterocycles. The van der Waals surface area contributed by atoms with Gasteiger partial charge in [0.25, 0.3) is 0 Å². The number of carbonyl (C=O) groups excluding carboxylic acids is 2. The van der Waals surface area contributed by atoms with Gasteiger partial charge >= 0.3 is 6.18 Å². The number of nitrogens with zero attached hydrogens (tertiary/aromatic N) is 1. The van der Waals surface area contributed by atoms with Gasteiger partial charge in [0.15, 0.2) is 0 Å². The van der Waals surface area contributed by atoms with E-state index in [0.717, 1.165) is 29.5 Å². The highest BCUT2D eigenvalue weighted by Gasteiger charge is 2.31. The molecule has 0 fully saturated rings. The number of amides is 2. The summed E-state index contributed by atoms with van der Waals surface area (Å²) in [5, 5.41) is 6.36. The maximum Gasteiger partial charge on any atom is 0.416 e. The molecule has 0 atom stereocenters. The number of hydrogen-bond acceptors (Lipinski definition) is 3. The fourth-order valence-electron chi connectivity index (χ4n) is 2.51. The predicted octanol–water partition coefficient (Wildman–Crippen LogP) is 5.20. The third-order valence-corrected chi connectivity index (χ3v) is 4.47. The van der Waals surface area contributed by atoms with Crippen LogP contribution < -0.4 is 10.7 Å². The minimum absolute atomic E-state index is 0.0288. The first-order valence-electron chi connectivity index (χ1n) is 9.23. The zero-order chi connectivity index (χ0) is 22.1. The molecule has 2 N–H and O–H groups in total. The maximum atomic E-state index is 12.8. The Balaban J connectivity index is 1.86. The third-order valence-electron chi connectivity index (χ3n) is 4.14. The van der Waals surface area contributed by atoms with Gasteiger partial charge in [-0.15, -0.1) is 0 Å². The van der Waals surface area contributed by atoms with Crippen LogP contribution in [0.5, 0.6) is 0 Å². The van der Waals surface area contributed by atoms with Crippen molar-refractivity contribution < 1.29 is 22.8 Å². The van der Waals surface area contributed by atoms with E-state index in [9.17, 15) is 22.8 Å². The smallest absolute Gasteiger partial charge is 0.325 e. The van der Waals surface area contributed by atoms with Gasteiger partial charge in [0.05, 0.1) is 16.3 Å². The SMILES string of the molecule is CC/C(Cc1ccccc1)=N\NC(=O)CCC(=O)Nc1cc(C(F)(F)F)ccc1Cl. The highest BCUT2D eigenvalue weighted by molar-refractivity contribution is 6.33. The van der Waals surface area contributed by atoms with Crippen molar-refractivity contribution in [1.82, 2.24) is 5.43 Å². The molecule has 0 unspecified atom stereocenters.